The van der Waals surface area contributed by atoms with Gasteiger partial charge in [-0.05, 0) is 24.6 Å². The van der Waals surface area contributed by atoms with Crippen molar-refractivity contribution < 1.29 is 13.6 Å². The summed E-state index contributed by atoms with van der Waals surface area (Å²) in [6, 6.07) is 9.81. The Labute approximate surface area is 116 Å². The van der Waals surface area contributed by atoms with E-state index in [9.17, 15) is 13.6 Å². The molecular formula is C16H15F2NO. The van der Waals surface area contributed by atoms with E-state index in [1.165, 1.54) is 4.90 Å². The Bertz CT molecular complexity index is 600. The van der Waals surface area contributed by atoms with Crippen molar-refractivity contribution >= 4 is 12.0 Å². The molecule has 0 bridgehead atoms. The third-order valence-corrected chi connectivity index (χ3v) is 3.10. The van der Waals surface area contributed by atoms with E-state index in [1.807, 2.05) is 31.2 Å². The summed E-state index contributed by atoms with van der Waals surface area (Å²) in [4.78, 5) is 12.1. The first-order chi connectivity index (χ1) is 9.51. The van der Waals surface area contributed by atoms with Crippen LogP contribution in [0.25, 0.3) is 0 Å². The Morgan fingerprint density at radius 2 is 1.65 bits per heavy atom. The molecule has 0 unspecified atom stereocenters. The number of aryl methyl sites for hydroxylation is 1. The number of benzene rings is 2. The topological polar surface area (TPSA) is 20.3 Å². The van der Waals surface area contributed by atoms with Crippen molar-refractivity contribution in [3.63, 3.8) is 0 Å². The number of hydrogen-bond acceptors (Lipinski definition) is 2. The van der Waals surface area contributed by atoms with E-state index in [1.54, 1.807) is 7.05 Å². The van der Waals surface area contributed by atoms with Gasteiger partial charge >= 0.3 is 0 Å². The normalized spacial score (nSPS) is 10.4. The van der Waals surface area contributed by atoms with E-state index < -0.39 is 11.6 Å². The highest BCUT2D eigenvalue weighted by molar-refractivity contribution is 5.76. The van der Waals surface area contributed by atoms with Crippen LogP contribution in [0.5, 0.6) is 0 Å². The van der Waals surface area contributed by atoms with Crippen molar-refractivity contribution in [3.05, 3.63) is 64.7 Å². The molecule has 0 saturated heterocycles. The van der Waals surface area contributed by atoms with Crippen molar-refractivity contribution in [2.75, 3.05) is 11.9 Å². The van der Waals surface area contributed by atoms with Gasteiger partial charge in [0.25, 0.3) is 0 Å². The summed E-state index contributed by atoms with van der Waals surface area (Å²) < 4.78 is 27.7. The number of nitrogens with zero attached hydrogens (tertiary/aromatic N) is 1. The van der Waals surface area contributed by atoms with Gasteiger partial charge in [0.2, 0.25) is 0 Å². The number of hydrogen-bond donors (Lipinski definition) is 0. The van der Waals surface area contributed by atoms with Crippen LogP contribution in [0.1, 0.15) is 21.5 Å². The van der Waals surface area contributed by atoms with Gasteiger partial charge in [0.15, 0.2) is 0 Å². The van der Waals surface area contributed by atoms with E-state index in [-0.39, 0.29) is 11.3 Å². The maximum atomic E-state index is 13.9. The quantitative estimate of drug-likeness (QED) is 0.793. The predicted octanol–water partition coefficient (Wildman–Crippen LogP) is 3.72. The van der Waals surface area contributed by atoms with Crippen LogP contribution in [0.4, 0.5) is 14.5 Å². The Morgan fingerprint density at radius 1 is 1.10 bits per heavy atom. The first kappa shape index (κ1) is 14.2. The van der Waals surface area contributed by atoms with Gasteiger partial charge in [-0.1, -0.05) is 29.8 Å². The van der Waals surface area contributed by atoms with Crippen LogP contribution in [0.3, 0.4) is 0 Å². The van der Waals surface area contributed by atoms with E-state index in [0.29, 0.717) is 12.8 Å². The number of aldehydes is 1. The summed E-state index contributed by atoms with van der Waals surface area (Å²) in [5.74, 6) is -1.47. The first-order valence-electron chi connectivity index (χ1n) is 6.22. The molecule has 4 heteroatoms. The van der Waals surface area contributed by atoms with Crippen LogP contribution in [0.2, 0.25) is 0 Å². The van der Waals surface area contributed by atoms with Gasteiger partial charge in [-0.2, -0.15) is 0 Å². The van der Waals surface area contributed by atoms with Crippen molar-refractivity contribution in [2.45, 2.75) is 13.5 Å². The highest BCUT2D eigenvalue weighted by Gasteiger charge is 2.15. The standard InChI is InChI=1S/C16H15F2NO/c1-11-3-5-12(6-4-11)9-19(2)16-14(17)7-13(10-20)8-15(16)18/h3-8,10H,9H2,1-2H3. The lowest BCUT2D eigenvalue weighted by molar-refractivity contribution is 0.112. The molecule has 0 atom stereocenters. The molecule has 2 rings (SSSR count). The van der Waals surface area contributed by atoms with Gasteiger partial charge in [-0.25, -0.2) is 8.78 Å². The molecule has 2 aromatic rings. The van der Waals surface area contributed by atoms with E-state index >= 15 is 0 Å². The van der Waals surface area contributed by atoms with Crippen LogP contribution in [0.15, 0.2) is 36.4 Å². The van der Waals surface area contributed by atoms with Crippen LogP contribution in [-0.2, 0) is 6.54 Å². The minimum absolute atomic E-state index is 0.00696. The molecule has 0 heterocycles. The summed E-state index contributed by atoms with van der Waals surface area (Å²) in [5.41, 5.74) is 1.95. The van der Waals surface area contributed by atoms with Gasteiger partial charge in [0, 0.05) is 19.2 Å². The number of halogens is 2. The molecule has 0 aliphatic carbocycles. The van der Waals surface area contributed by atoms with Crippen LogP contribution < -0.4 is 4.90 Å². The largest absolute Gasteiger partial charge is 0.366 e. The Hall–Kier alpha value is -2.23. The fourth-order valence-electron chi connectivity index (χ4n) is 2.06. The Morgan fingerprint density at radius 3 is 2.15 bits per heavy atom. The van der Waals surface area contributed by atoms with Crippen LogP contribution >= 0.6 is 0 Å². The third kappa shape index (κ3) is 3.02. The number of rotatable bonds is 4. The fourth-order valence-corrected chi connectivity index (χ4v) is 2.06. The Kier molecular flexibility index (Phi) is 4.13. The SMILES string of the molecule is Cc1ccc(CN(C)c2c(F)cc(C=O)cc2F)cc1. The summed E-state index contributed by atoms with van der Waals surface area (Å²) in [6.45, 7) is 2.36. The van der Waals surface area contributed by atoms with Crippen LogP contribution in [0, 0.1) is 18.6 Å². The number of carbonyl (C=O) groups is 1. The molecule has 0 aliphatic heterocycles. The third-order valence-electron chi connectivity index (χ3n) is 3.10. The average Bonchev–Trinajstić information content (AvgIpc) is 2.40. The predicted molar refractivity (Wildman–Crippen MR) is 75.0 cm³/mol. The molecule has 104 valence electrons. The lowest BCUT2D eigenvalue weighted by Crippen LogP contribution is -2.19. The highest BCUT2D eigenvalue weighted by atomic mass is 19.1. The van der Waals surface area contributed by atoms with Gasteiger partial charge < -0.3 is 4.90 Å². The lowest BCUT2D eigenvalue weighted by Gasteiger charge is -2.21. The zero-order chi connectivity index (χ0) is 14.7. The van der Waals surface area contributed by atoms with Gasteiger partial charge in [-0.3, -0.25) is 4.79 Å². The molecule has 0 radical (unpaired) electrons. The van der Waals surface area contributed by atoms with Gasteiger partial charge in [0.1, 0.15) is 23.6 Å². The molecule has 2 nitrogen and oxygen atoms in total. The molecule has 20 heavy (non-hydrogen) atoms. The Balaban J connectivity index is 2.27. The maximum Gasteiger partial charge on any atom is 0.150 e. The van der Waals surface area contributed by atoms with E-state index in [0.717, 1.165) is 23.3 Å². The zero-order valence-electron chi connectivity index (χ0n) is 11.4. The van der Waals surface area contributed by atoms with E-state index in [4.69, 9.17) is 0 Å². The van der Waals surface area contributed by atoms with Crippen LogP contribution in [-0.4, -0.2) is 13.3 Å². The molecule has 0 aliphatic rings. The molecule has 0 aromatic heterocycles. The summed E-state index contributed by atoms with van der Waals surface area (Å²) in [7, 11) is 1.61. The molecule has 2 aromatic carbocycles. The van der Waals surface area contributed by atoms with Gasteiger partial charge in [0.05, 0.1) is 0 Å². The zero-order valence-corrected chi connectivity index (χ0v) is 11.4. The average molecular weight is 275 g/mol. The smallest absolute Gasteiger partial charge is 0.150 e. The first-order valence-corrected chi connectivity index (χ1v) is 6.22. The second-order valence-electron chi connectivity index (χ2n) is 4.79. The maximum absolute atomic E-state index is 13.9. The minimum atomic E-state index is -0.735. The minimum Gasteiger partial charge on any atom is -0.366 e. The molecule has 0 fully saturated rings. The second-order valence-corrected chi connectivity index (χ2v) is 4.79. The second kappa shape index (κ2) is 5.82. The molecule has 0 amide bonds. The molecule has 0 spiro atoms. The van der Waals surface area contributed by atoms with Crippen molar-refractivity contribution in [1.29, 1.82) is 0 Å². The number of anilines is 1. The summed E-state index contributed by atoms with van der Waals surface area (Å²) in [5, 5.41) is 0. The summed E-state index contributed by atoms with van der Waals surface area (Å²) in [6.07, 6.45) is 0.427. The summed E-state index contributed by atoms with van der Waals surface area (Å²) >= 11 is 0. The molecule has 0 saturated carbocycles. The fraction of sp³-hybridized carbons (Fsp3) is 0.188. The monoisotopic (exact) mass is 275 g/mol. The lowest BCUT2D eigenvalue weighted by atomic mass is 10.1. The molecule has 0 N–H and O–H groups in total. The number of carbonyl (C=O) groups excluding carboxylic acids is 1. The van der Waals surface area contributed by atoms with Crippen molar-refractivity contribution in [2.24, 2.45) is 0 Å². The highest BCUT2D eigenvalue weighted by Crippen LogP contribution is 2.25. The van der Waals surface area contributed by atoms with E-state index in [2.05, 4.69) is 0 Å². The molecular weight excluding hydrogens is 260 g/mol. The van der Waals surface area contributed by atoms with Crippen molar-refractivity contribution in [3.8, 4) is 0 Å². The van der Waals surface area contributed by atoms with Crippen molar-refractivity contribution in [1.82, 2.24) is 0 Å². The van der Waals surface area contributed by atoms with Gasteiger partial charge in [-0.15, -0.1) is 0 Å².